The number of aryl methyl sites for hydroxylation is 3. The first kappa shape index (κ1) is 18.8. The molecule has 2 amide bonds. The summed E-state index contributed by atoms with van der Waals surface area (Å²) in [6.07, 6.45) is 2.78. The first-order chi connectivity index (χ1) is 12.0. The molecule has 0 fully saturated rings. The number of carbonyl (C=O) groups is 1. The van der Waals surface area contributed by atoms with Crippen molar-refractivity contribution in [2.45, 2.75) is 33.7 Å². The highest BCUT2D eigenvalue weighted by molar-refractivity contribution is 5.73. The highest BCUT2D eigenvalue weighted by atomic mass is 16.5. The standard InChI is InChI=1S/C20H27N3O2/c1-5-17-7-6-8-19(12-17)25-10-9-23(4)20(24)22-14-18-11-15(2)16(3)21-13-18/h6-8,11-13H,5,9-10,14H2,1-4H3,(H,22,24). The fourth-order valence-corrected chi connectivity index (χ4v) is 2.37. The van der Waals surface area contributed by atoms with Gasteiger partial charge in [-0.1, -0.05) is 25.1 Å². The number of pyridine rings is 1. The lowest BCUT2D eigenvalue weighted by Crippen LogP contribution is -2.39. The minimum absolute atomic E-state index is 0.121. The molecule has 5 nitrogen and oxygen atoms in total. The van der Waals surface area contributed by atoms with Gasteiger partial charge < -0.3 is 15.0 Å². The number of nitrogens with one attached hydrogen (secondary N) is 1. The number of carbonyl (C=O) groups excluding carboxylic acids is 1. The number of likely N-dealkylation sites (N-methyl/N-ethyl adjacent to an activating group) is 1. The Hall–Kier alpha value is -2.56. The molecule has 1 aromatic heterocycles. The molecule has 5 heteroatoms. The largest absolute Gasteiger partial charge is 0.492 e. The number of benzene rings is 1. The van der Waals surface area contributed by atoms with Crippen LogP contribution in [0.5, 0.6) is 5.75 Å². The molecular weight excluding hydrogens is 314 g/mol. The Morgan fingerprint density at radius 1 is 1.24 bits per heavy atom. The van der Waals surface area contributed by atoms with Crippen LogP contribution >= 0.6 is 0 Å². The Balaban J connectivity index is 1.75. The van der Waals surface area contributed by atoms with Gasteiger partial charge in [-0.2, -0.15) is 0 Å². The maximum absolute atomic E-state index is 12.1. The molecule has 1 N–H and O–H groups in total. The van der Waals surface area contributed by atoms with Crippen LogP contribution in [-0.4, -0.2) is 36.1 Å². The molecule has 0 spiro atoms. The summed E-state index contributed by atoms with van der Waals surface area (Å²) in [4.78, 5) is 18.1. The van der Waals surface area contributed by atoms with E-state index < -0.39 is 0 Å². The SMILES string of the molecule is CCc1cccc(OCCN(C)C(=O)NCc2cnc(C)c(C)c2)c1. The molecule has 0 bridgehead atoms. The van der Waals surface area contributed by atoms with Crippen LogP contribution in [0, 0.1) is 13.8 Å². The third-order valence-electron chi connectivity index (χ3n) is 4.19. The molecule has 134 valence electrons. The number of amides is 2. The second-order valence-corrected chi connectivity index (χ2v) is 6.18. The highest BCUT2D eigenvalue weighted by Gasteiger charge is 2.08. The van der Waals surface area contributed by atoms with Gasteiger partial charge in [0.15, 0.2) is 0 Å². The molecule has 1 heterocycles. The number of hydrogen-bond donors (Lipinski definition) is 1. The molecule has 0 unspecified atom stereocenters. The third-order valence-corrected chi connectivity index (χ3v) is 4.19. The highest BCUT2D eigenvalue weighted by Crippen LogP contribution is 2.13. The van der Waals surface area contributed by atoms with Crippen molar-refractivity contribution >= 4 is 6.03 Å². The zero-order chi connectivity index (χ0) is 18.2. The van der Waals surface area contributed by atoms with Crippen molar-refractivity contribution in [2.75, 3.05) is 20.2 Å². The molecule has 1 aromatic carbocycles. The van der Waals surface area contributed by atoms with E-state index in [2.05, 4.69) is 23.3 Å². The lowest BCUT2D eigenvalue weighted by atomic mass is 10.1. The average molecular weight is 341 g/mol. The van der Waals surface area contributed by atoms with Gasteiger partial charge in [0, 0.05) is 25.5 Å². The number of hydrogen-bond acceptors (Lipinski definition) is 3. The molecule has 0 aliphatic carbocycles. The van der Waals surface area contributed by atoms with Crippen LogP contribution in [0.2, 0.25) is 0 Å². The third kappa shape index (κ3) is 5.78. The maximum atomic E-state index is 12.1. The summed E-state index contributed by atoms with van der Waals surface area (Å²) in [7, 11) is 1.76. The number of ether oxygens (including phenoxy) is 1. The number of urea groups is 1. The van der Waals surface area contributed by atoms with Crippen LogP contribution < -0.4 is 10.1 Å². The van der Waals surface area contributed by atoms with E-state index in [1.807, 2.05) is 38.1 Å². The lowest BCUT2D eigenvalue weighted by molar-refractivity contribution is 0.195. The fourth-order valence-electron chi connectivity index (χ4n) is 2.37. The number of aromatic nitrogens is 1. The van der Waals surface area contributed by atoms with Crippen molar-refractivity contribution < 1.29 is 9.53 Å². The Morgan fingerprint density at radius 2 is 2.04 bits per heavy atom. The van der Waals surface area contributed by atoms with E-state index in [0.29, 0.717) is 19.7 Å². The molecule has 0 atom stereocenters. The molecule has 2 aromatic rings. The quantitative estimate of drug-likeness (QED) is 0.839. The second kappa shape index (κ2) is 9.06. The van der Waals surface area contributed by atoms with E-state index in [0.717, 1.165) is 29.0 Å². The summed E-state index contributed by atoms with van der Waals surface area (Å²) in [5, 5.41) is 2.90. The topological polar surface area (TPSA) is 54.5 Å². The smallest absolute Gasteiger partial charge is 0.317 e. The minimum Gasteiger partial charge on any atom is -0.492 e. The minimum atomic E-state index is -0.121. The van der Waals surface area contributed by atoms with Gasteiger partial charge in [-0.3, -0.25) is 4.98 Å². The van der Waals surface area contributed by atoms with Crippen molar-refractivity contribution in [3.8, 4) is 5.75 Å². The first-order valence-electron chi connectivity index (χ1n) is 8.62. The second-order valence-electron chi connectivity index (χ2n) is 6.18. The van der Waals surface area contributed by atoms with E-state index in [1.54, 1.807) is 18.1 Å². The Kier molecular flexibility index (Phi) is 6.81. The van der Waals surface area contributed by atoms with Gasteiger partial charge in [0.05, 0.1) is 6.54 Å². The predicted molar refractivity (Wildman–Crippen MR) is 99.9 cm³/mol. The van der Waals surface area contributed by atoms with Crippen LogP contribution in [0.3, 0.4) is 0 Å². The molecule has 0 aliphatic rings. The summed E-state index contributed by atoms with van der Waals surface area (Å²) >= 11 is 0. The molecule has 0 radical (unpaired) electrons. The summed E-state index contributed by atoms with van der Waals surface area (Å²) < 4.78 is 5.73. The fraction of sp³-hybridized carbons (Fsp3) is 0.400. The van der Waals surface area contributed by atoms with E-state index in [4.69, 9.17) is 4.74 Å². The first-order valence-corrected chi connectivity index (χ1v) is 8.62. The number of nitrogens with zero attached hydrogens (tertiary/aromatic N) is 2. The Morgan fingerprint density at radius 3 is 2.76 bits per heavy atom. The zero-order valence-electron chi connectivity index (χ0n) is 15.5. The van der Waals surface area contributed by atoms with Gasteiger partial charge >= 0.3 is 6.03 Å². The molecule has 0 saturated heterocycles. The zero-order valence-corrected chi connectivity index (χ0v) is 15.5. The van der Waals surface area contributed by atoms with Gasteiger partial charge in [-0.05, 0) is 49.1 Å². The number of rotatable bonds is 7. The van der Waals surface area contributed by atoms with Crippen LogP contribution in [-0.2, 0) is 13.0 Å². The molecule has 0 aliphatic heterocycles. The average Bonchev–Trinajstić information content (AvgIpc) is 2.62. The lowest BCUT2D eigenvalue weighted by Gasteiger charge is -2.18. The molecule has 0 saturated carbocycles. The summed E-state index contributed by atoms with van der Waals surface area (Å²) in [5.74, 6) is 0.842. The molecule has 25 heavy (non-hydrogen) atoms. The summed E-state index contributed by atoms with van der Waals surface area (Å²) in [6, 6.07) is 9.96. The van der Waals surface area contributed by atoms with Gasteiger partial charge in [0.2, 0.25) is 0 Å². The van der Waals surface area contributed by atoms with Gasteiger partial charge in [0.1, 0.15) is 12.4 Å². The summed E-state index contributed by atoms with van der Waals surface area (Å²) in [5.41, 5.74) is 4.38. The predicted octanol–water partition coefficient (Wildman–Crippen LogP) is 3.48. The molecular formula is C20H27N3O2. The monoisotopic (exact) mass is 341 g/mol. The normalized spacial score (nSPS) is 10.4. The Bertz CT molecular complexity index is 716. The summed E-state index contributed by atoms with van der Waals surface area (Å²) in [6.45, 7) is 7.56. The van der Waals surface area contributed by atoms with Crippen LogP contribution in [0.25, 0.3) is 0 Å². The van der Waals surface area contributed by atoms with E-state index in [-0.39, 0.29) is 6.03 Å². The van der Waals surface area contributed by atoms with Crippen molar-refractivity contribution in [1.82, 2.24) is 15.2 Å². The van der Waals surface area contributed by atoms with Crippen LogP contribution in [0.1, 0.15) is 29.3 Å². The van der Waals surface area contributed by atoms with Crippen LogP contribution in [0.15, 0.2) is 36.5 Å². The van der Waals surface area contributed by atoms with E-state index in [1.165, 1.54) is 5.56 Å². The van der Waals surface area contributed by atoms with Crippen LogP contribution in [0.4, 0.5) is 4.79 Å². The van der Waals surface area contributed by atoms with Crippen molar-refractivity contribution in [2.24, 2.45) is 0 Å². The Labute approximate surface area is 150 Å². The molecule has 2 rings (SSSR count). The van der Waals surface area contributed by atoms with E-state index in [9.17, 15) is 4.79 Å². The van der Waals surface area contributed by atoms with Crippen molar-refractivity contribution in [3.63, 3.8) is 0 Å². The van der Waals surface area contributed by atoms with Crippen molar-refractivity contribution in [3.05, 3.63) is 58.9 Å². The van der Waals surface area contributed by atoms with E-state index >= 15 is 0 Å². The van der Waals surface area contributed by atoms with Gasteiger partial charge in [0.25, 0.3) is 0 Å². The van der Waals surface area contributed by atoms with Gasteiger partial charge in [-0.15, -0.1) is 0 Å². The maximum Gasteiger partial charge on any atom is 0.317 e. The van der Waals surface area contributed by atoms with Crippen molar-refractivity contribution in [1.29, 1.82) is 0 Å². The van der Waals surface area contributed by atoms with Gasteiger partial charge in [-0.25, -0.2) is 4.79 Å².